The lowest BCUT2D eigenvalue weighted by Gasteiger charge is -2.01. The number of unbranched alkanes of at least 4 members (excludes halogenated alkanes) is 1. The molecule has 0 saturated heterocycles. The van der Waals surface area contributed by atoms with Crippen LogP contribution in [-0.4, -0.2) is 22.1 Å². The maximum absolute atomic E-state index is 11.8. The molecule has 0 radical (unpaired) electrons. The van der Waals surface area contributed by atoms with Crippen LogP contribution in [-0.2, 0) is 7.05 Å². The van der Waals surface area contributed by atoms with Crippen molar-refractivity contribution in [1.82, 2.24) is 4.57 Å². The SMILES string of the molecule is Cc1cc(C(=O)CCCCO)c(C)n1C. The van der Waals surface area contributed by atoms with Crippen LogP contribution in [0, 0.1) is 13.8 Å². The molecule has 1 N–H and O–H groups in total. The summed E-state index contributed by atoms with van der Waals surface area (Å²) in [6.45, 7) is 4.13. The van der Waals surface area contributed by atoms with Gasteiger partial charge < -0.3 is 9.67 Å². The zero-order chi connectivity index (χ0) is 11.4. The van der Waals surface area contributed by atoms with E-state index in [2.05, 4.69) is 0 Å². The third-order valence-electron chi connectivity index (χ3n) is 2.89. The predicted molar refractivity (Wildman–Crippen MR) is 60.2 cm³/mol. The molecule has 1 aromatic rings. The molecule has 0 unspecified atom stereocenters. The topological polar surface area (TPSA) is 42.2 Å². The second-order valence-corrected chi connectivity index (χ2v) is 3.95. The minimum Gasteiger partial charge on any atom is -0.396 e. The van der Waals surface area contributed by atoms with Crippen LogP contribution in [0.3, 0.4) is 0 Å². The van der Waals surface area contributed by atoms with Gasteiger partial charge in [-0.15, -0.1) is 0 Å². The van der Waals surface area contributed by atoms with E-state index >= 15 is 0 Å². The quantitative estimate of drug-likeness (QED) is 0.595. The number of aliphatic hydroxyl groups is 1. The highest BCUT2D eigenvalue weighted by molar-refractivity contribution is 5.97. The van der Waals surface area contributed by atoms with Crippen LogP contribution in [0.25, 0.3) is 0 Å². The molecular formula is C12H19NO2. The maximum Gasteiger partial charge on any atom is 0.164 e. The van der Waals surface area contributed by atoms with Crippen LogP contribution in [0.5, 0.6) is 0 Å². The number of rotatable bonds is 5. The molecule has 0 spiro atoms. The first-order valence-electron chi connectivity index (χ1n) is 5.35. The van der Waals surface area contributed by atoms with Crippen molar-refractivity contribution < 1.29 is 9.90 Å². The van der Waals surface area contributed by atoms with Gasteiger partial charge in [0.2, 0.25) is 0 Å². The van der Waals surface area contributed by atoms with Gasteiger partial charge in [-0.1, -0.05) is 0 Å². The van der Waals surface area contributed by atoms with Gasteiger partial charge in [-0.25, -0.2) is 0 Å². The Morgan fingerprint density at radius 2 is 2.07 bits per heavy atom. The highest BCUT2D eigenvalue weighted by Crippen LogP contribution is 2.16. The smallest absolute Gasteiger partial charge is 0.164 e. The van der Waals surface area contributed by atoms with E-state index in [1.807, 2.05) is 31.5 Å². The highest BCUT2D eigenvalue weighted by atomic mass is 16.2. The van der Waals surface area contributed by atoms with Gasteiger partial charge in [0.25, 0.3) is 0 Å². The molecule has 0 aromatic carbocycles. The molecule has 1 aromatic heterocycles. The monoisotopic (exact) mass is 209 g/mol. The molecule has 15 heavy (non-hydrogen) atoms. The molecule has 1 heterocycles. The number of aliphatic hydroxyl groups excluding tert-OH is 1. The molecule has 0 saturated carbocycles. The van der Waals surface area contributed by atoms with Gasteiger partial charge in [-0.2, -0.15) is 0 Å². The summed E-state index contributed by atoms with van der Waals surface area (Å²) in [5.74, 6) is 0.185. The number of aromatic nitrogens is 1. The lowest BCUT2D eigenvalue weighted by Crippen LogP contribution is -2.02. The number of hydrogen-bond acceptors (Lipinski definition) is 2. The van der Waals surface area contributed by atoms with Gasteiger partial charge in [-0.3, -0.25) is 4.79 Å². The first kappa shape index (κ1) is 12.0. The summed E-state index contributed by atoms with van der Waals surface area (Å²) in [4.78, 5) is 11.8. The summed E-state index contributed by atoms with van der Waals surface area (Å²) >= 11 is 0. The summed E-state index contributed by atoms with van der Waals surface area (Å²) in [6.07, 6.45) is 2.00. The van der Waals surface area contributed by atoms with Gasteiger partial charge in [0.15, 0.2) is 5.78 Å². The second kappa shape index (κ2) is 5.12. The molecule has 3 heteroatoms. The molecule has 0 aliphatic heterocycles. The average Bonchev–Trinajstić information content (AvgIpc) is 2.46. The summed E-state index contributed by atoms with van der Waals surface area (Å²) in [5.41, 5.74) is 2.97. The van der Waals surface area contributed by atoms with Crippen molar-refractivity contribution in [2.24, 2.45) is 7.05 Å². The number of carbonyl (C=O) groups is 1. The Morgan fingerprint density at radius 3 is 2.53 bits per heavy atom. The van der Waals surface area contributed by atoms with Crippen molar-refractivity contribution in [3.63, 3.8) is 0 Å². The Labute approximate surface area is 90.7 Å². The van der Waals surface area contributed by atoms with Crippen LogP contribution in [0.15, 0.2) is 6.07 Å². The van der Waals surface area contributed by atoms with Gasteiger partial charge in [0, 0.05) is 37.0 Å². The predicted octanol–water partition coefficient (Wildman–Crippen LogP) is 1.99. The van der Waals surface area contributed by atoms with E-state index in [1.165, 1.54) is 0 Å². The fraction of sp³-hybridized carbons (Fsp3) is 0.583. The maximum atomic E-state index is 11.8. The number of carbonyl (C=O) groups excluding carboxylic acids is 1. The number of nitrogens with zero attached hydrogens (tertiary/aromatic N) is 1. The van der Waals surface area contributed by atoms with Crippen molar-refractivity contribution in [2.75, 3.05) is 6.61 Å². The van der Waals surface area contributed by atoms with Crippen LogP contribution in [0.1, 0.15) is 41.0 Å². The Kier molecular flexibility index (Phi) is 4.09. The van der Waals surface area contributed by atoms with Crippen molar-refractivity contribution in [3.05, 3.63) is 23.0 Å². The fourth-order valence-electron chi connectivity index (χ4n) is 1.67. The number of ketones is 1. The van der Waals surface area contributed by atoms with Crippen LogP contribution < -0.4 is 0 Å². The van der Waals surface area contributed by atoms with Gasteiger partial charge in [-0.05, 0) is 32.8 Å². The van der Waals surface area contributed by atoms with Gasteiger partial charge >= 0.3 is 0 Å². The Hall–Kier alpha value is -1.09. The zero-order valence-corrected chi connectivity index (χ0v) is 9.71. The number of hydrogen-bond donors (Lipinski definition) is 1. The van der Waals surface area contributed by atoms with Gasteiger partial charge in [0.05, 0.1) is 0 Å². The first-order valence-corrected chi connectivity index (χ1v) is 5.35. The van der Waals surface area contributed by atoms with Crippen molar-refractivity contribution in [2.45, 2.75) is 33.1 Å². The summed E-state index contributed by atoms with van der Waals surface area (Å²) < 4.78 is 2.03. The Morgan fingerprint density at radius 1 is 1.40 bits per heavy atom. The largest absolute Gasteiger partial charge is 0.396 e. The molecule has 0 aliphatic carbocycles. The fourth-order valence-corrected chi connectivity index (χ4v) is 1.67. The molecule has 0 bridgehead atoms. The summed E-state index contributed by atoms with van der Waals surface area (Å²) in [6, 6.07) is 1.94. The van der Waals surface area contributed by atoms with Crippen LogP contribution >= 0.6 is 0 Å². The van der Waals surface area contributed by atoms with Crippen molar-refractivity contribution in [3.8, 4) is 0 Å². The lowest BCUT2D eigenvalue weighted by molar-refractivity contribution is 0.0977. The molecule has 0 fully saturated rings. The van der Waals surface area contributed by atoms with Crippen molar-refractivity contribution in [1.29, 1.82) is 0 Å². The standard InChI is InChI=1S/C12H19NO2/c1-9-8-11(10(2)13(9)3)12(15)6-4-5-7-14/h8,14H,4-7H2,1-3H3. The van der Waals surface area contributed by atoms with E-state index in [4.69, 9.17) is 5.11 Å². The summed E-state index contributed by atoms with van der Waals surface area (Å²) in [7, 11) is 1.97. The highest BCUT2D eigenvalue weighted by Gasteiger charge is 2.12. The van der Waals surface area contributed by atoms with Crippen molar-refractivity contribution >= 4 is 5.78 Å². The molecule has 0 atom stereocenters. The number of aryl methyl sites for hydroxylation is 1. The normalized spacial score (nSPS) is 10.7. The number of Topliss-reactive ketones (excluding diaryl/α,β-unsaturated/α-hetero) is 1. The van der Waals surface area contributed by atoms with E-state index in [9.17, 15) is 4.79 Å². The van der Waals surface area contributed by atoms with E-state index in [0.717, 1.165) is 23.4 Å². The molecular weight excluding hydrogens is 190 g/mol. The van der Waals surface area contributed by atoms with E-state index in [0.29, 0.717) is 12.8 Å². The van der Waals surface area contributed by atoms with Crippen LogP contribution in [0.2, 0.25) is 0 Å². The third-order valence-corrected chi connectivity index (χ3v) is 2.89. The Bertz CT molecular complexity index is 353. The summed E-state index contributed by atoms with van der Waals surface area (Å²) in [5, 5.41) is 8.64. The van der Waals surface area contributed by atoms with E-state index < -0.39 is 0 Å². The molecule has 1 rings (SSSR count). The second-order valence-electron chi connectivity index (χ2n) is 3.95. The van der Waals surface area contributed by atoms with Crippen LogP contribution in [0.4, 0.5) is 0 Å². The molecule has 84 valence electrons. The molecule has 3 nitrogen and oxygen atoms in total. The average molecular weight is 209 g/mol. The molecule has 0 amide bonds. The third kappa shape index (κ3) is 2.69. The minimum absolute atomic E-state index is 0.167. The zero-order valence-electron chi connectivity index (χ0n) is 9.71. The lowest BCUT2D eigenvalue weighted by atomic mass is 10.1. The molecule has 0 aliphatic rings. The van der Waals surface area contributed by atoms with Gasteiger partial charge in [0.1, 0.15) is 0 Å². The van der Waals surface area contributed by atoms with E-state index in [1.54, 1.807) is 0 Å². The first-order chi connectivity index (χ1) is 7.07. The Balaban J connectivity index is 2.70. The minimum atomic E-state index is 0.167. The van der Waals surface area contributed by atoms with E-state index in [-0.39, 0.29) is 12.4 Å².